The lowest BCUT2D eigenvalue weighted by atomic mass is 9.83. The van der Waals surface area contributed by atoms with E-state index >= 15 is 0 Å². The van der Waals surface area contributed by atoms with Gasteiger partial charge < -0.3 is 50.2 Å². The number of phosphoric ester groups is 2. The van der Waals surface area contributed by atoms with Gasteiger partial charge in [-0.2, -0.15) is 9.29 Å². The van der Waals surface area contributed by atoms with Crippen LogP contribution in [-0.4, -0.2) is 114 Å². The van der Waals surface area contributed by atoms with Crippen LogP contribution in [0, 0.1) is 11.8 Å². The highest BCUT2D eigenvalue weighted by atomic mass is 31.3. The highest BCUT2D eigenvalue weighted by Crippen LogP contribution is 2.60. The molecule has 2 fully saturated rings. The third-order valence-corrected chi connectivity index (χ3v) is 16.0. The number of hydrogen-bond donors (Lipinski definition) is 7. The summed E-state index contributed by atoms with van der Waals surface area (Å²) in [4.78, 5) is 78.6. The molecule has 2 bridgehead atoms. The van der Waals surface area contributed by atoms with Crippen LogP contribution in [0.2, 0.25) is 0 Å². The van der Waals surface area contributed by atoms with Crippen LogP contribution in [0.5, 0.6) is 0 Å². The first-order chi connectivity index (χ1) is 35.9. The van der Waals surface area contributed by atoms with E-state index in [4.69, 9.17) is 29.0 Å². The average molecular weight is 1110 g/mol. The van der Waals surface area contributed by atoms with E-state index in [1.807, 2.05) is 6.92 Å². The number of nitrogens with zero attached hydrogens (tertiary/aromatic N) is 2. The number of ether oxygens (including phenoxy) is 3. The summed E-state index contributed by atoms with van der Waals surface area (Å²) in [6.45, 7) is 1.49. The molecule has 11 atom stereocenters. The van der Waals surface area contributed by atoms with Gasteiger partial charge in [-0.3, -0.25) is 28.0 Å². The predicted octanol–water partition coefficient (Wildman–Crippen LogP) is 8.37. The van der Waals surface area contributed by atoms with Gasteiger partial charge in [-0.15, -0.1) is 0 Å². The average Bonchev–Trinajstić information content (AvgIpc) is 3.35. The smallest absolute Gasteiger partial charge is 0.462 e. The van der Waals surface area contributed by atoms with Gasteiger partial charge in [0.05, 0.1) is 37.4 Å². The Morgan fingerprint density at radius 2 is 1.41 bits per heavy atom. The Balaban J connectivity index is 1.74. The number of allylic oxidation sites excluding steroid dienone is 2. The molecule has 0 amide bonds. The largest absolute Gasteiger partial charge is 0.481 e. The molecule has 0 saturated carbocycles. The molecule has 430 valence electrons. The number of nitrogen functional groups attached to an aromatic ring is 1. The number of phosphoric acid groups is 2. The lowest BCUT2D eigenvalue weighted by molar-refractivity contribution is -0.184. The molecule has 0 radical (unpaired) electrons. The van der Waals surface area contributed by atoms with Crippen molar-refractivity contribution in [3.63, 3.8) is 0 Å². The number of cyclic esters (lactones) is 1. The van der Waals surface area contributed by atoms with Crippen LogP contribution in [-0.2, 0) is 51.1 Å². The van der Waals surface area contributed by atoms with Crippen LogP contribution in [0.15, 0.2) is 41.4 Å². The summed E-state index contributed by atoms with van der Waals surface area (Å²) in [7, 11) is -11.3. The number of ketones is 1. The Kier molecular flexibility index (Phi) is 32.5. The van der Waals surface area contributed by atoms with Gasteiger partial charge in [0.25, 0.3) is 0 Å². The number of esters is 2. The quantitative estimate of drug-likeness (QED) is 0.0209. The molecule has 75 heavy (non-hydrogen) atoms. The van der Waals surface area contributed by atoms with Crippen molar-refractivity contribution in [2.24, 2.45) is 11.8 Å². The second kappa shape index (κ2) is 36.8. The number of nitrogens with two attached hydrogens (primary N) is 1. The number of rotatable bonds is 25. The van der Waals surface area contributed by atoms with E-state index in [9.17, 15) is 58.5 Å². The van der Waals surface area contributed by atoms with Crippen LogP contribution in [0.3, 0.4) is 0 Å². The summed E-state index contributed by atoms with van der Waals surface area (Å²) in [6, 6.07) is 1.23. The van der Waals surface area contributed by atoms with Gasteiger partial charge in [0, 0.05) is 31.4 Å². The van der Waals surface area contributed by atoms with Crippen molar-refractivity contribution in [3.05, 3.63) is 47.1 Å². The Morgan fingerprint density at radius 3 is 2.07 bits per heavy atom. The van der Waals surface area contributed by atoms with Crippen molar-refractivity contribution >= 4 is 39.2 Å². The van der Waals surface area contributed by atoms with Crippen LogP contribution < -0.4 is 11.4 Å². The number of unbranched alkanes of at least 4 members (excludes halogenated alkanes) is 15. The molecule has 2 aliphatic heterocycles. The molecule has 1 aromatic heterocycles. The maximum absolute atomic E-state index is 14.3. The summed E-state index contributed by atoms with van der Waals surface area (Å²) in [5.74, 6) is -4.94. The van der Waals surface area contributed by atoms with Gasteiger partial charge in [0.1, 0.15) is 36.6 Å². The molecular formula is C52H89N3O18P2. The predicted molar refractivity (Wildman–Crippen MR) is 281 cm³/mol. The van der Waals surface area contributed by atoms with Crippen molar-refractivity contribution in [3.8, 4) is 0 Å². The van der Waals surface area contributed by atoms with E-state index in [-0.39, 0.29) is 25.1 Å². The van der Waals surface area contributed by atoms with Gasteiger partial charge in [-0.25, -0.2) is 13.9 Å². The van der Waals surface area contributed by atoms with E-state index in [1.54, 1.807) is 0 Å². The number of aromatic nitrogens is 2. The number of Topliss-reactive ketones (excluding diaryl/α,β-unsaturated/α-hetero) is 1. The van der Waals surface area contributed by atoms with Gasteiger partial charge in [0.2, 0.25) is 0 Å². The van der Waals surface area contributed by atoms with E-state index in [2.05, 4.69) is 28.4 Å². The Labute approximate surface area is 443 Å². The first-order valence-electron chi connectivity index (χ1n) is 27.5. The number of carbonyl (C=O) groups is 3. The van der Waals surface area contributed by atoms with Crippen molar-refractivity contribution in [2.75, 3.05) is 25.6 Å². The summed E-state index contributed by atoms with van der Waals surface area (Å²) in [6.07, 6.45) is 16.4. The highest BCUT2D eigenvalue weighted by Gasteiger charge is 2.45. The van der Waals surface area contributed by atoms with Crippen LogP contribution in [0.1, 0.15) is 193 Å². The molecule has 2 unspecified atom stereocenters. The first kappa shape index (κ1) is 66.1. The maximum Gasteiger partial charge on any atom is 0.481 e. The molecular weight excluding hydrogens is 1020 g/mol. The standard InChI is InChI=1S/C52H89N3O18P2/c1-3-5-7-8-9-10-11-12-13-14-15-16-17-18-19-20-26-30-48(60)71-40-36-68-47(59)29-25-22-21-24-28-42-44(58)35-43(57)41(32-31-39(56)27-23-6-4-2)49(61)50(62)45(38-70-75(66,67)73-74(64,65)69-37-40)72-51(42)55-34-33-46(53)54-52(55)63/h12-13,31-34,39-43,45,49-51,56-57,61-62H,3-11,14-30,35-38H2,1-2H3,(H,64,65)(H,66,67)(H2,53,54,63)/b13-12-,32-31+/t39-,40+,41-,42-,43+,45+,49-,50+,51+/m0/s1. The number of hydrogen-bond acceptors (Lipinski definition) is 18. The van der Waals surface area contributed by atoms with Crippen molar-refractivity contribution in [1.82, 2.24) is 9.55 Å². The van der Waals surface area contributed by atoms with E-state index in [0.29, 0.717) is 44.9 Å². The third-order valence-electron chi connectivity index (χ3n) is 13.4. The zero-order valence-corrected chi connectivity index (χ0v) is 46.1. The lowest BCUT2D eigenvalue weighted by Crippen LogP contribution is -2.51. The maximum atomic E-state index is 14.3. The molecule has 0 aliphatic carbocycles. The number of aliphatic hydroxyl groups is 4. The minimum atomic E-state index is -5.72. The number of carbonyl (C=O) groups excluding carboxylic acids is 3. The fourth-order valence-corrected chi connectivity index (χ4v) is 11.1. The van der Waals surface area contributed by atoms with E-state index in [0.717, 1.165) is 68.8 Å². The van der Waals surface area contributed by atoms with Crippen LogP contribution in [0.25, 0.3) is 0 Å². The van der Waals surface area contributed by atoms with Gasteiger partial charge in [-0.05, 0) is 57.4 Å². The van der Waals surface area contributed by atoms with Crippen molar-refractivity contribution < 1.29 is 81.3 Å². The molecule has 2 saturated heterocycles. The zero-order valence-electron chi connectivity index (χ0n) is 44.3. The zero-order chi connectivity index (χ0) is 55.1. The Morgan fingerprint density at radius 1 is 0.813 bits per heavy atom. The topological polar surface area (TPSA) is 323 Å². The fourth-order valence-electron chi connectivity index (χ4n) is 9.02. The molecule has 3 heterocycles. The van der Waals surface area contributed by atoms with Crippen molar-refractivity contribution in [1.29, 1.82) is 0 Å². The van der Waals surface area contributed by atoms with E-state index in [1.165, 1.54) is 62.9 Å². The van der Waals surface area contributed by atoms with Gasteiger partial charge in [0.15, 0.2) is 6.10 Å². The molecule has 23 heteroatoms. The third kappa shape index (κ3) is 27.3. The molecule has 1 aromatic rings. The second-order valence-corrected chi connectivity index (χ2v) is 22.9. The van der Waals surface area contributed by atoms with Gasteiger partial charge >= 0.3 is 33.3 Å². The van der Waals surface area contributed by atoms with Gasteiger partial charge in [-0.1, -0.05) is 141 Å². The molecule has 0 spiro atoms. The first-order valence-corrected chi connectivity index (χ1v) is 30.4. The SMILES string of the molecule is CCCCCCCC/C=C\CCCCCCCCCC(=O)O[C@@H]1COC(=O)CCCCCC[C@H]2C(=O)C[C@@H](O)[C@H](/C=C/[C@@H](O)CCCCC)[C@H](O)[C@H](O)[C@@H](COP(=O)(O)OP(=O)(O)OC1)O[C@H]2n1ccc(N)nc1=O. The normalized spacial score (nSPS) is 29.0. The molecule has 21 nitrogen and oxygen atoms in total. The molecule has 0 aromatic carbocycles. The van der Waals surface area contributed by atoms with Crippen molar-refractivity contribution in [2.45, 2.75) is 230 Å². The molecule has 2 aliphatic rings. The van der Waals surface area contributed by atoms with Crippen LogP contribution in [0.4, 0.5) is 5.82 Å². The fraction of sp³-hybridized carbons (Fsp3) is 0.788. The monoisotopic (exact) mass is 1110 g/mol. The number of aliphatic hydroxyl groups excluding tert-OH is 4. The second-order valence-electron chi connectivity index (χ2n) is 19.9. The lowest BCUT2D eigenvalue weighted by Gasteiger charge is -2.38. The summed E-state index contributed by atoms with van der Waals surface area (Å²) in [5.41, 5.74) is 4.76. The Bertz CT molecular complexity index is 2020. The minimum absolute atomic E-state index is 0.00160. The van der Waals surface area contributed by atoms with E-state index < -0.39 is 120 Å². The summed E-state index contributed by atoms with van der Waals surface area (Å²) >= 11 is 0. The number of anilines is 1. The molecule has 8 N–H and O–H groups in total. The summed E-state index contributed by atoms with van der Waals surface area (Å²) < 4.78 is 59.1. The highest BCUT2D eigenvalue weighted by molar-refractivity contribution is 7.61. The molecule has 3 rings (SSSR count). The minimum Gasteiger partial charge on any atom is -0.462 e. The summed E-state index contributed by atoms with van der Waals surface area (Å²) in [5, 5.41) is 45.6. The Hall–Kier alpha value is -3.17. The number of fused-ring (bicyclic) bond motifs is 3. The van der Waals surface area contributed by atoms with Crippen LogP contribution >= 0.6 is 15.6 Å².